The highest BCUT2D eigenvalue weighted by molar-refractivity contribution is 7.91. The van der Waals surface area contributed by atoms with Crippen LogP contribution in [0.1, 0.15) is 13.3 Å². The van der Waals surface area contributed by atoms with Crippen molar-refractivity contribution in [1.82, 2.24) is 0 Å². The zero-order valence-corrected chi connectivity index (χ0v) is 19.6. The van der Waals surface area contributed by atoms with Gasteiger partial charge in [-0.15, -0.1) is 0 Å². The molecule has 2 aromatic rings. The molecule has 2 aromatic carbocycles. The number of nitrogens with zero attached hydrogens (tertiary/aromatic N) is 1. The first-order chi connectivity index (χ1) is 15.5. The van der Waals surface area contributed by atoms with Crippen LogP contribution in [0.5, 0.6) is 0 Å². The Hall–Kier alpha value is -2.43. The summed E-state index contributed by atoms with van der Waals surface area (Å²) >= 11 is 0. The molecule has 2 fully saturated rings. The van der Waals surface area contributed by atoms with E-state index in [4.69, 9.17) is 10.2 Å². The third-order valence-electron chi connectivity index (χ3n) is 5.67. The molecule has 1 unspecified atom stereocenters. The maximum Gasteiger partial charge on any atom is 0.253 e. The van der Waals surface area contributed by atoms with E-state index in [1.807, 2.05) is 36.4 Å². The van der Waals surface area contributed by atoms with E-state index in [1.54, 1.807) is 7.05 Å². The molecule has 1 atom stereocenters. The lowest BCUT2D eigenvalue weighted by molar-refractivity contribution is -0.0228. The number of sulfone groups is 1. The highest BCUT2D eigenvalue weighted by Crippen LogP contribution is 2.48. The van der Waals surface area contributed by atoms with E-state index in [0.717, 1.165) is 28.2 Å². The van der Waals surface area contributed by atoms with Crippen molar-refractivity contribution in [1.29, 1.82) is 0 Å². The van der Waals surface area contributed by atoms with Crippen molar-refractivity contribution in [3.05, 3.63) is 42.5 Å². The Bertz CT molecular complexity index is 1050. The molecule has 1 saturated heterocycles. The molecule has 4 N–H and O–H groups in total. The Morgan fingerprint density at radius 3 is 2.27 bits per heavy atom. The zero-order valence-electron chi connectivity index (χ0n) is 18.8. The van der Waals surface area contributed by atoms with Gasteiger partial charge < -0.3 is 25.7 Å². The fraction of sp³-hybridized carbons (Fsp3) is 0.478. The summed E-state index contributed by atoms with van der Waals surface area (Å²) in [5.74, 6) is -2.75. The van der Waals surface area contributed by atoms with Gasteiger partial charge in [0.1, 0.15) is 6.29 Å². The van der Waals surface area contributed by atoms with Gasteiger partial charge in [-0.05, 0) is 42.3 Å². The largest absolute Gasteiger partial charge is 0.386 e. The molecule has 2 aliphatic rings. The standard InChI is InChI=1S/C21H25F2N3O2S.C2H6O2/c1-24-20-12-16(5-6-19(20)25-14-17-13-21(17,22)23)15-3-2-4-18(11-15)26-7-9-29(27,28)10-8-26;1-2(3)4/h2-6,11-12,17,24-25H,7-10,13-14H2,1H3;2-4H,1H3. The van der Waals surface area contributed by atoms with E-state index in [1.165, 1.54) is 6.92 Å². The summed E-state index contributed by atoms with van der Waals surface area (Å²) in [5.41, 5.74) is 4.68. The topological polar surface area (TPSA) is 102 Å². The molecule has 0 spiro atoms. The predicted molar refractivity (Wildman–Crippen MR) is 128 cm³/mol. The van der Waals surface area contributed by atoms with Gasteiger partial charge in [-0.1, -0.05) is 18.2 Å². The zero-order chi connectivity index (χ0) is 24.2. The van der Waals surface area contributed by atoms with Gasteiger partial charge in [-0.2, -0.15) is 0 Å². The van der Waals surface area contributed by atoms with Crippen LogP contribution >= 0.6 is 0 Å². The lowest BCUT2D eigenvalue weighted by Gasteiger charge is -2.29. The Balaban J connectivity index is 0.000000709. The molecule has 4 rings (SSSR count). The summed E-state index contributed by atoms with van der Waals surface area (Å²) in [4.78, 5) is 2.09. The molecule has 1 saturated carbocycles. The second-order valence-corrected chi connectivity index (χ2v) is 10.7. The van der Waals surface area contributed by atoms with Gasteiger partial charge in [0.15, 0.2) is 9.84 Å². The van der Waals surface area contributed by atoms with E-state index in [0.29, 0.717) is 13.1 Å². The molecule has 0 bridgehead atoms. The number of aliphatic hydroxyl groups is 2. The maximum atomic E-state index is 13.1. The van der Waals surface area contributed by atoms with E-state index < -0.39 is 28.0 Å². The first kappa shape index (κ1) is 25.2. The van der Waals surface area contributed by atoms with Crippen molar-refractivity contribution in [3.63, 3.8) is 0 Å². The highest BCUT2D eigenvalue weighted by atomic mass is 32.2. The number of rotatable bonds is 6. The minimum Gasteiger partial charge on any atom is -0.386 e. The number of nitrogens with one attached hydrogen (secondary N) is 2. The molecule has 0 amide bonds. The van der Waals surface area contributed by atoms with E-state index in [9.17, 15) is 17.2 Å². The summed E-state index contributed by atoms with van der Waals surface area (Å²) in [7, 11) is -1.11. The Morgan fingerprint density at radius 2 is 1.70 bits per heavy atom. The van der Waals surface area contributed by atoms with E-state index in [-0.39, 0.29) is 24.5 Å². The molecule has 0 aromatic heterocycles. The second-order valence-electron chi connectivity index (χ2n) is 8.37. The van der Waals surface area contributed by atoms with E-state index >= 15 is 0 Å². The summed E-state index contributed by atoms with van der Waals surface area (Å²) in [5, 5.41) is 21.5. The lowest BCUT2D eigenvalue weighted by Crippen LogP contribution is -2.40. The number of hydrogen-bond donors (Lipinski definition) is 4. The van der Waals surface area contributed by atoms with Crippen LogP contribution in [0.2, 0.25) is 0 Å². The van der Waals surface area contributed by atoms with Gasteiger partial charge in [-0.25, -0.2) is 17.2 Å². The number of benzene rings is 2. The van der Waals surface area contributed by atoms with Crippen LogP contribution in [0.15, 0.2) is 42.5 Å². The summed E-state index contributed by atoms with van der Waals surface area (Å²) < 4.78 is 49.6. The third kappa shape index (κ3) is 7.02. The highest BCUT2D eigenvalue weighted by Gasteiger charge is 2.56. The van der Waals surface area contributed by atoms with Crippen molar-refractivity contribution in [2.45, 2.75) is 25.6 Å². The first-order valence-corrected chi connectivity index (χ1v) is 12.7. The summed E-state index contributed by atoms with van der Waals surface area (Å²) in [6, 6.07) is 13.9. The average Bonchev–Trinajstić information content (AvgIpc) is 3.38. The molecular weight excluding hydrogens is 452 g/mol. The van der Waals surface area contributed by atoms with Crippen molar-refractivity contribution in [2.75, 3.05) is 53.7 Å². The summed E-state index contributed by atoms with van der Waals surface area (Å²) in [6.07, 6.45) is -1.21. The lowest BCUT2D eigenvalue weighted by atomic mass is 10.0. The Labute approximate surface area is 193 Å². The first-order valence-electron chi connectivity index (χ1n) is 10.9. The molecule has 33 heavy (non-hydrogen) atoms. The minimum atomic E-state index is -2.92. The van der Waals surface area contributed by atoms with E-state index in [2.05, 4.69) is 21.6 Å². The third-order valence-corrected chi connectivity index (χ3v) is 7.28. The van der Waals surface area contributed by atoms with Crippen LogP contribution in [0.25, 0.3) is 11.1 Å². The molecular formula is C23H31F2N3O4S. The van der Waals surface area contributed by atoms with Crippen LogP contribution in [-0.4, -0.2) is 69.0 Å². The van der Waals surface area contributed by atoms with Gasteiger partial charge >= 0.3 is 0 Å². The number of halogens is 2. The fourth-order valence-electron chi connectivity index (χ4n) is 3.66. The monoisotopic (exact) mass is 483 g/mol. The SMILES string of the molecule is CC(O)O.CNc1cc(-c2cccc(N3CCS(=O)(=O)CC3)c2)ccc1NCC1CC1(F)F. The van der Waals surface area contributed by atoms with Crippen LogP contribution in [0.4, 0.5) is 25.8 Å². The molecule has 7 nitrogen and oxygen atoms in total. The quantitative estimate of drug-likeness (QED) is 0.469. The normalized spacial score (nSPS) is 20.6. The molecule has 0 radical (unpaired) electrons. The van der Waals surface area contributed by atoms with Crippen LogP contribution < -0.4 is 15.5 Å². The van der Waals surface area contributed by atoms with Gasteiger partial charge in [0.2, 0.25) is 0 Å². The fourth-order valence-corrected chi connectivity index (χ4v) is 4.86. The van der Waals surface area contributed by atoms with Gasteiger partial charge in [0.05, 0.1) is 22.9 Å². The maximum absolute atomic E-state index is 13.1. The Morgan fingerprint density at radius 1 is 1.09 bits per heavy atom. The van der Waals surface area contributed by atoms with Crippen LogP contribution in [0, 0.1) is 5.92 Å². The van der Waals surface area contributed by atoms with Crippen molar-refractivity contribution >= 4 is 26.9 Å². The Kier molecular flexibility index (Phi) is 7.81. The van der Waals surface area contributed by atoms with Gasteiger partial charge in [0.25, 0.3) is 5.92 Å². The van der Waals surface area contributed by atoms with Crippen LogP contribution in [0.3, 0.4) is 0 Å². The van der Waals surface area contributed by atoms with Crippen molar-refractivity contribution in [3.8, 4) is 11.1 Å². The summed E-state index contributed by atoms with van der Waals surface area (Å²) in [6.45, 7) is 2.54. The van der Waals surface area contributed by atoms with Crippen molar-refractivity contribution < 1.29 is 27.4 Å². The molecule has 10 heteroatoms. The van der Waals surface area contributed by atoms with Crippen LogP contribution in [-0.2, 0) is 9.84 Å². The van der Waals surface area contributed by atoms with Crippen molar-refractivity contribution in [2.24, 2.45) is 5.92 Å². The smallest absolute Gasteiger partial charge is 0.253 e. The van der Waals surface area contributed by atoms with Gasteiger partial charge in [0, 0.05) is 44.7 Å². The molecule has 1 heterocycles. The van der Waals surface area contributed by atoms with Gasteiger partial charge in [-0.3, -0.25) is 0 Å². The molecule has 1 aliphatic carbocycles. The predicted octanol–water partition coefficient (Wildman–Crippen LogP) is 3.01. The molecule has 182 valence electrons. The second kappa shape index (κ2) is 10.2. The minimum absolute atomic E-state index is 0.0441. The number of alkyl halides is 2. The average molecular weight is 484 g/mol. The number of aliphatic hydroxyl groups excluding tert-OH is 1. The molecule has 1 aliphatic heterocycles. The number of hydrogen-bond acceptors (Lipinski definition) is 7. The number of anilines is 3.